The summed E-state index contributed by atoms with van der Waals surface area (Å²) in [5, 5.41) is 18.9. The summed E-state index contributed by atoms with van der Waals surface area (Å²) in [5.41, 5.74) is 2.02. The molecule has 0 unspecified atom stereocenters. The standard InChI is InChI=1S/C18H15N3O6.C6H10O2/c1-2-18(23)25-6-5-24-11-3-4-12-13(7-11)20-21(19-12)14-8-16-17(9-15(14)22)27-10-26-16;1-4-8-6(7)5(2)3/h2-4,7-9,22H,1,5-6,10H2;2,4H2,1,3H3. The molecule has 0 amide bonds. The van der Waals surface area contributed by atoms with Gasteiger partial charge in [0.25, 0.3) is 0 Å². The summed E-state index contributed by atoms with van der Waals surface area (Å²) in [6.45, 7) is 10.9. The zero-order valence-electron chi connectivity index (χ0n) is 19.4. The molecular weight excluding hydrogens is 458 g/mol. The van der Waals surface area contributed by atoms with Crippen LogP contribution in [0.15, 0.2) is 55.1 Å². The molecule has 0 bridgehead atoms. The summed E-state index contributed by atoms with van der Waals surface area (Å²) in [5.74, 6) is 0.704. The van der Waals surface area contributed by atoms with Crippen LogP contribution in [0.25, 0.3) is 16.7 Å². The van der Waals surface area contributed by atoms with Crippen molar-refractivity contribution in [2.24, 2.45) is 0 Å². The molecule has 0 saturated carbocycles. The van der Waals surface area contributed by atoms with Crippen LogP contribution in [-0.2, 0) is 19.1 Å². The number of aromatic hydroxyl groups is 1. The van der Waals surface area contributed by atoms with Crippen molar-refractivity contribution >= 4 is 23.0 Å². The van der Waals surface area contributed by atoms with Gasteiger partial charge in [0, 0.05) is 29.8 Å². The van der Waals surface area contributed by atoms with Gasteiger partial charge < -0.3 is 28.8 Å². The van der Waals surface area contributed by atoms with E-state index in [0.717, 1.165) is 6.08 Å². The Bertz CT molecular complexity index is 1250. The van der Waals surface area contributed by atoms with Crippen molar-refractivity contribution in [3.63, 3.8) is 0 Å². The molecule has 2 aromatic carbocycles. The monoisotopic (exact) mass is 483 g/mol. The first-order valence-electron chi connectivity index (χ1n) is 10.6. The van der Waals surface area contributed by atoms with E-state index in [1.54, 1.807) is 38.1 Å². The number of phenolic OH excluding ortho intramolecular Hbond substituents is 1. The normalized spacial score (nSPS) is 11.3. The van der Waals surface area contributed by atoms with Crippen LogP contribution in [0.1, 0.15) is 13.8 Å². The molecule has 0 atom stereocenters. The summed E-state index contributed by atoms with van der Waals surface area (Å²) < 4.78 is 25.5. The predicted molar refractivity (Wildman–Crippen MR) is 125 cm³/mol. The van der Waals surface area contributed by atoms with Crippen LogP contribution in [0.2, 0.25) is 0 Å². The van der Waals surface area contributed by atoms with Crippen LogP contribution in [0.3, 0.4) is 0 Å². The van der Waals surface area contributed by atoms with Crippen molar-refractivity contribution in [1.29, 1.82) is 0 Å². The Balaban J connectivity index is 0.000000371. The topological polar surface area (TPSA) is 131 Å². The molecule has 1 aliphatic rings. The maximum atomic E-state index is 11.0. The molecule has 0 radical (unpaired) electrons. The zero-order chi connectivity index (χ0) is 25.4. The number of fused-ring (bicyclic) bond motifs is 2. The van der Waals surface area contributed by atoms with Crippen molar-refractivity contribution in [3.05, 3.63) is 55.1 Å². The van der Waals surface area contributed by atoms with Crippen LogP contribution < -0.4 is 14.2 Å². The summed E-state index contributed by atoms with van der Waals surface area (Å²) >= 11 is 0. The number of aromatic nitrogens is 3. The molecule has 11 nitrogen and oxygen atoms in total. The molecule has 2 heterocycles. The second kappa shape index (κ2) is 11.5. The van der Waals surface area contributed by atoms with Gasteiger partial charge in [0.2, 0.25) is 6.79 Å². The first-order chi connectivity index (χ1) is 16.8. The minimum absolute atomic E-state index is 0.0277. The van der Waals surface area contributed by atoms with Gasteiger partial charge in [0.15, 0.2) is 11.5 Å². The average Bonchev–Trinajstić information content (AvgIpc) is 3.47. The number of phenols is 1. The van der Waals surface area contributed by atoms with Crippen molar-refractivity contribution in [1.82, 2.24) is 15.0 Å². The second-order valence-electron chi connectivity index (χ2n) is 7.06. The van der Waals surface area contributed by atoms with E-state index < -0.39 is 5.97 Å². The fraction of sp³-hybridized carbons (Fsp3) is 0.250. The molecule has 0 aliphatic carbocycles. The highest BCUT2D eigenvalue weighted by Crippen LogP contribution is 2.39. The highest BCUT2D eigenvalue weighted by atomic mass is 16.7. The lowest BCUT2D eigenvalue weighted by atomic mass is 10.2. The van der Waals surface area contributed by atoms with Crippen LogP contribution in [0.5, 0.6) is 23.0 Å². The number of rotatable bonds is 8. The maximum absolute atomic E-state index is 11.0. The van der Waals surface area contributed by atoms with Gasteiger partial charge in [-0.3, -0.25) is 0 Å². The number of nitrogens with zero attached hydrogens (tertiary/aromatic N) is 3. The molecule has 3 aromatic rings. The van der Waals surface area contributed by atoms with Gasteiger partial charge in [-0.1, -0.05) is 13.2 Å². The predicted octanol–water partition coefficient (Wildman–Crippen LogP) is 3.09. The van der Waals surface area contributed by atoms with Gasteiger partial charge in [-0.05, 0) is 26.0 Å². The molecule has 1 aliphatic heterocycles. The summed E-state index contributed by atoms with van der Waals surface area (Å²) in [6.07, 6.45) is 1.09. The Morgan fingerprint density at radius 1 is 1.11 bits per heavy atom. The minimum Gasteiger partial charge on any atom is -0.505 e. The largest absolute Gasteiger partial charge is 0.505 e. The number of carbonyl (C=O) groups excluding carboxylic acids is 2. The Hall–Kier alpha value is -4.54. The third-order valence-corrected chi connectivity index (χ3v) is 4.42. The summed E-state index contributed by atoms with van der Waals surface area (Å²) in [7, 11) is 0. The molecule has 0 spiro atoms. The Morgan fingerprint density at radius 2 is 1.83 bits per heavy atom. The van der Waals surface area contributed by atoms with Crippen molar-refractivity contribution in [3.8, 4) is 28.7 Å². The van der Waals surface area contributed by atoms with E-state index in [1.807, 2.05) is 0 Å². The van der Waals surface area contributed by atoms with Crippen LogP contribution in [0, 0.1) is 0 Å². The van der Waals surface area contributed by atoms with Crippen molar-refractivity contribution in [2.75, 3.05) is 26.6 Å². The summed E-state index contributed by atoms with van der Waals surface area (Å²) in [4.78, 5) is 22.7. The molecule has 184 valence electrons. The fourth-order valence-electron chi connectivity index (χ4n) is 2.79. The smallest absolute Gasteiger partial charge is 0.333 e. The van der Waals surface area contributed by atoms with Crippen LogP contribution in [0.4, 0.5) is 0 Å². The van der Waals surface area contributed by atoms with E-state index in [9.17, 15) is 14.7 Å². The van der Waals surface area contributed by atoms with Crippen LogP contribution >= 0.6 is 0 Å². The Labute approximate surface area is 201 Å². The molecule has 0 saturated heterocycles. The quantitative estimate of drug-likeness (QED) is 0.290. The average molecular weight is 483 g/mol. The van der Waals surface area contributed by atoms with E-state index in [1.165, 1.54) is 10.9 Å². The van der Waals surface area contributed by atoms with Gasteiger partial charge in [0.05, 0.1) is 6.61 Å². The second-order valence-corrected chi connectivity index (χ2v) is 7.06. The third kappa shape index (κ3) is 6.50. The van der Waals surface area contributed by atoms with Gasteiger partial charge in [0.1, 0.15) is 41.4 Å². The lowest BCUT2D eigenvalue weighted by molar-refractivity contribution is -0.139. The molecule has 1 N–H and O–H groups in total. The minimum atomic E-state index is -0.500. The molecule has 1 aromatic heterocycles. The highest BCUT2D eigenvalue weighted by Gasteiger charge is 2.19. The third-order valence-electron chi connectivity index (χ3n) is 4.42. The SMILES string of the molecule is C=C(C)C(=O)OCC.C=CC(=O)OCCOc1ccc2nn(-c3cc4c(cc3O)OCO4)nc2c1. The van der Waals surface area contributed by atoms with Crippen molar-refractivity contribution in [2.45, 2.75) is 13.8 Å². The maximum Gasteiger partial charge on any atom is 0.333 e. The number of benzene rings is 2. The van der Waals surface area contributed by atoms with E-state index in [4.69, 9.17) is 18.9 Å². The van der Waals surface area contributed by atoms with E-state index >= 15 is 0 Å². The summed E-state index contributed by atoms with van der Waals surface area (Å²) in [6, 6.07) is 8.26. The van der Waals surface area contributed by atoms with Gasteiger partial charge in [-0.25, -0.2) is 9.59 Å². The van der Waals surface area contributed by atoms with E-state index in [0.29, 0.717) is 46.1 Å². The molecule has 0 fully saturated rings. The van der Waals surface area contributed by atoms with Crippen LogP contribution in [-0.4, -0.2) is 58.7 Å². The van der Waals surface area contributed by atoms with Gasteiger partial charge >= 0.3 is 11.9 Å². The highest BCUT2D eigenvalue weighted by molar-refractivity contribution is 5.86. The molecule has 4 rings (SSSR count). The number of hydrogen-bond acceptors (Lipinski definition) is 10. The Kier molecular flexibility index (Phi) is 8.28. The fourth-order valence-corrected chi connectivity index (χ4v) is 2.79. The first-order valence-corrected chi connectivity index (χ1v) is 10.6. The first kappa shape index (κ1) is 25.1. The van der Waals surface area contributed by atoms with E-state index in [2.05, 4.69) is 28.1 Å². The molecular formula is C24H25N3O8. The number of ether oxygens (including phenoxy) is 5. The lowest BCUT2D eigenvalue weighted by Crippen LogP contribution is -2.10. The molecule has 35 heavy (non-hydrogen) atoms. The number of hydrogen-bond donors (Lipinski definition) is 1. The Morgan fingerprint density at radius 3 is 2.49 bits per heavy atom. The molecule has 11 heteroatoms. The van der Waals surface area contributed by atoms with Gasteiger partial charge in [-0.2, -0.15) is 0 Å². The lowest BCUT2D eigenvalue weighted by Gasteiger charge is -2.05. The zero-order valence-corrected chi connectivity index (χ0v) is 19.4. The number of esters is 2. The number of carbonyl (C=O) groups is 2. The van der Waals surface area contributed by atoms with Gasteiger partial charge in [-0.15, -0.1) is 15.0 Å². The van der Waals surface area contributed by atoms with E-state index in [-0.39, 0.29) is 31.7 Å². The van der Waals surface area contributed by atoms with Crippen molar-refractivity contribution < 1.29 is 38.4 Å².